The van der Waals surface area contributed by atoms with Gasteiger partial charge in [0.25, 0.3) is 0 Å². The highest BCUT2D eigenvalue weighted by Crippen LogP contribution is 2.56. The Hall–Kier alpha value is -6.18. The van der Waals surface area contributed by atoms with Crippen LogP contribution in [0.4, 0.5) is 9.59 Å². The standard InChI is InChI=1S/C52H65N9O5/c1-27(2)43(58-49(53)64)47(62)60-25-51(5,6)22-40(60)45-54-24-39(57-45)30-12-10-29(11-13-30)34-18-17-33(36-20-31-14-16-35(31)42(34)36)32-15-19-37-38(21-32)56-46(55-37)41-23-52(7,8)26-61(41)48(63)44(28(3)4)59-50(65)66-9/h10-13,15,17-19,21,24,27-28,31,35,40-41,43-44H,14,16,20,22-23,25-26H2,1-9H3,(H,54,57)(H,55,56)(H,59,65)(H3,53,58,64). The summed E-state index contributed by atoms with van der Waals surface area (Å²) in [7, 11) is 1.31. The fraction of sp³-hybridized carbons (Fsp3) is 0.500. The van der Waals surface area contributed by atoms with Gasteiger partial charge in [0.2, 0.25) is 11.8 Å². The van der Waals surface area contributed by atoms with Crippen molar-refractivity contribution in [3.05, 3.63) is 83.6 Å². The first kappa shape index (κ1) is 45.0. The number of carbonyl (C=O) groups is 4. The van der Waals surface area contributed by atoms with E-state index in [-0.39, 0.29) is 46.6 Å². The van der Waals surface area contributed by atoms with Gasteiger partial charge in [-0.3, -0.25) is 9.59 Å². The number of primary amides is 1. The lowest BCUT2D eigenvalue weighted by molar-refractivity contribution is -0.136. The van der Waals surface area contributed by atoms with E-state index < -0.39 is 24.2 Å². The molecule has 6 unspecified atom stereocenters. The lowest BCUT2D eigenvalue weighted by Crippen LogP contribution is -2.52. The molecule has 0 bridgehead atoms. The molecule has 6 atom stereocenters. The Labute approximate surface area is 387 Å². The quantitative estimate of drug-likeness (QED) is 0.0874. The molecule has 0 radical (unpaired) electrons. The number of H-pyrrole nitrogens is 2. The van der Waals surface area contributed by atoms with Crippen LogP contribution in [0.1, 0.15) is 122 Å². The Morgan fingerprint density at radius 1 is 0.758 bits per heavy atom. The first-order chi connectivity index (χ1) is 31.3. The van der Waals surface area contributed by atoms with Crippen molar-refractivity contribution < 1.29 is 23.9 Å². The van der Waals surface area contributed by atoms with Crippen LogP contribution in [0.2, 0.25) is 0 Å². The van der Waals surface area contributed by atoms with Gasteiger partial charge in [-0.15, -0.1) is 0 Å². The maximum absolute atomic E-state index is 14.1. The number of nitrogens with two attached hydrogens (primary N) is 1. The molecule has 5 aromatic rings. The maximum Gasteiger partial charge on any atom is 0.407 e. The Morgan fingerprint density at radius 2 is 1.35 bits per heavy atom. The Balaban J connectivity index is 0.972. The van der Waals surface area contributed by atoms with Gasteiger partial charge in [-0.05, 0) is 118 Å². The average Bonchev–Trinajstić information content (AvgIpc) is 4.09. The highest BCUT2D eigenvalue weighted by molar-refractivity contribution is 5.89. The molecule has 9 rings (SSSR count). The Kier molecular flexibility index (Phi) is 11.5. The molecule has 3 fully saturated rings. The van der Waals surface area contributed by atoms with Crippen molar-refractivity contribution in [2.75, 3.05) is 20.2 Å². The summed E-state index contributed by atoms with van der Waals surface area (Å²) < 4.78 is 4.86. The summed E-state index contributed by atoms with van der Waals surface area (Å²) in [5.41, 5.74) is 16.6. The third-order valence-corrected chi connectivity index (χ3v) is 14.8. The van der Waals surface area contributed by atoms with E-state index in [1.165, 1.54) is 47.8 Å². The van der Waals surface area contributed by atoms with Crippen LogP contribution in [0.15, 0.2) is 60.8 Å². The van der Waals surface area contributed by atoms with E-state index in [0.717, 1.165) is 58.8 Å². The van der Waals surface area contributed by atoms with Gasteiger partial charge in [0.15, 0.2) is 0 Å². The molecule has 1 saturated carbocycles. The summed E-state index contributed by atoms with van der Waals surface area (Å²) >= 11 is 0. The summed E-state index contributed by atoms with van der Waals surface area (Å²) in [4.78, 5) is 72.8. The van der Waals surface area contributed by atoms with Crippen LogP contribution in [0.5, 0.6) is 0 Å². The number of aromatic nitrogens is 4. The summed E-state index contributed by atoms with van der Waals surface area (Å²) in [6.45, 7) is 17.4. The fourth-order valence-electron chi connectivity index (χ4n) is 11.3. The number of ether oxygens (including phenoxy) is 1. The minimum atomic E-state index is -0.718. The maximum atomic E-state index is 14.1. The number of methoxy groups -OCH3 is 1. The Bertz CT molecular complexity index is 2700. The summed E-state index contributed by atoms with van der Waals surface area (Å²) in [5, 5.41) is 5.43. The van der Waals surface area contributed by atoms with Gasteiger partial charge in [-0.25, -0.2) is 19.6 Å². The van der Waals surface area contributed by atoms with E-state index in [0.29, 0.717) is 24.9 Å². The van der Waals surface area contributed by atoms with E-state index in [1.54, 1.807) is 0 Å². The molecule has 3 aromatic carbocycles. The topological polar surface area (TPSA) is 191 Å². The molecule has 2 aliphatic heterocycles. The average molecular weight is 896 g/mol. The molecule has 14 heteroatoms. The highest BCUT2D eigenvalue weighted by atomic mass is 16.5. The number of imidazole rings is 2. The molecule has 2 saturated heterocycles. The number of amides is 5. The van der Waals surface area contributed by atoms with Crippen LogP contribution in [0, 0.1) is 28.6 Å². The number of urea groups is 1. The number of hydrogen-bond acceptors (Lipinski definition) is 7. The van der Waals surface area contributed by atoms with Crippen molar-refractivity contribution >= 4 is 35.0 Å². The van der Waals surface area contributed by atoms with E-state index in [2.05, 4.69) is 103 Å². The number of carbonyl (C=O) groups excluding carboxylic acids is 4. The van der Waals surface area contributed by atoms with Crippen molar-refractivity contribution in [1.82, 2.24) is 40.4 Å². The molecular formula is C52H65N9O5. The summed E-state index contributed by atoms with van der Waals surface area (Å²) in [5.74, 6) is 2.14. The number of hydrogen-bond donors (Lipinski definition) is 5. The van der Waals surface area contributed by atoms with Gasteiger partial charge in [-0.2, -0.15) is 0 Å². The van der Waals surface area contributed by atoms with Gasteiger partial charge >= 0.3 is 12.1 Å². The van der Waals surface area contributed by atoms with Crippen LogP contribution in [0.3, 0.4) is 0 Å². The number of fused-ring (bicyclic) bond motifs is 4. The van der Waals surface area contributed by atoms with Crippen molar-refractivity contribution in [1.29, 1.82) is 0 Å². The molecular weight excluding hydrogens is 831 g/mol. The smallest absolute Gasteiger partial charge is 0.407 e. The predicted octanol–water partition coefficient (Wildman–Crippen LogP) is 9.01. The third-order valence-electron chi connectivity index (χ3n) is 14.8. The minimum Gasteiger partial charge on any atom is -0.453 e. The zero-order valence-electron chi connectivity index (χ0n) is 39.7. The van der Waals surface area contributed by atoms with Crippen molar-refractivity contribution in [2.24, 2.45) is 34.3 Å². The molecule has 2 aromatic heterocycles. The van der Waals surface area contributed by atoms with Gasteiger partial charge in [0, 0.05) is 13.1 Å². The van der Waals surface area contributed by atoms with E-state index in [4.69, 9.17) is 20.4 Å². The van der Waals surface area contributed by atoms with Crippen LogP contribution >= 0.6 is 0 Å². The van der Waals surface area contributed by atoms with Gasteiger partial charge in [0.05, 0.1) is 42.1 Å². The number of nitrogens with one attached hydrogen (secondary N) is 4. The van der Waals surface area contributed by atoms with Crippen LogP contribution in [0.25, 0.3) is 44.5 Å². The highest BCUT2D eigenvalue weighted by Gasteiger charge is 2.47. The van der Waals surface area contributed by atoms with Crippen LogP contribution in [-0.4, -0.2) is 86.0 Å². The largest absolute Gasteiger partial charge is 0.453 e. The van der Waals surface area contributed by atoms with Crippen LogP contribution in [-0.2, 0) is 20.7 Å². The molecule has 66 heavy (non-hydrogen) atoms. The number of alkyl carbamates (subject to hydrolysis) is 1. The third kappa shape index (κ3) is 8.32. The zero-order chi connectivity index (χ0) is 47.0. The number of nitrogens with zero attached hydrogens (tertiary/aromatic N) is 4. The van der Waals surface area contributed by atoms with Crippen molar-refractivity contribution in [2.45, 2.75) is 118 Å². The van der Waals surface area contributed by atoms with E-state index >= 15 is 0 Å². The molecule has 348 valence electrons. The minimum absolute atomic E-state index is 0.126. The second-order valence-electron chi connectivity index (χ2n) is 21.6. The van der Waals surface area contributed by atoms with Crippen molar-refractivity contribution in [3.63, 3.8) is 0 Å². The first-order valence-electron chi connectivity index (χ1n) is 23.6. The monoisotopic (exact) mass is 896 g/mol. The fourth-order valence-corrected chi connectivity index (χ4v) is 11.3. The number of benzene rings is 3. The summed E-state index contributed by atoms with van der Waals surface area (Å²) in [6.07, 6.45) is 6.21. The summed E-state index contributed by atoms with van der Waals surface area (Å²) in [6, 6.07) is 17.1. The molecule has 14 nitrogen and oxygen atoms in total. The molecule has 4 aliphatic rings. The van der Waals surface area contributed by atoms with Crippen LogP contribution < -0.4 is 16.4 Å². The molecule has 6 N–H and O–H groups in total. The second kappa shape index (κ2) is 16.9. The number of rotatable bonds is 11. The predicted molar refractivity (Wildman–Crippen MR) is 255 cm³/mol. The first-order valence-corrected chi connectivity index (χ1v) is 23.6. The molecule has 4 heterocycles. The molecule has 2 aliphatic carbocycles. The van der Waals surface area contributed by atoms with Crippen molar-refractivity contribution in [3.8, 4) is 33.5 Å². The molecule has 5 amide bonds. The Morgan fingerprint density at radius 3 is 1.94 bits per heavy atom. The zero-order valence-corrected chi connectivity index (χ0v) is 39.7. The van der Waals surface area contributed by atoms with Gasteiger partial charge < -0.3 is 40.9 Å². The second-order valence-corrected chi connectivity index (χ2v) is 21.6. The molecule has 0 spiro atoms. The lowest BCUT2D eigenvalue weighted by Gasteiger charge is -2.31. The lowest BCUT2D eigenvalue weighted by atomic mass is 9.73. The van der Waals surface area contributed by atoms with E-state index in [9.17, 15) is 19.2 Å². The number of aromatic amines is 2. The normalized spacial score (nSPS) is 22.5. The van der Waals surface area contributed by atoms with Gasteiger partial charge in [-0.1, -0.05) is 97.9 Å². The SMILES string of the molecule is COC(=O)NC(C(=O)N1CC(C)(C)CC1c1nc2ccc(-c3ccc(-c4ccc(-c5cnc(C6CC(C)(C)CN6C(=O)C(NC(N)=O)C(C)C)[nH]5)cc4)c4c3CC3CCC43)cc2[nH]1)C(C)C. The van der Waals surface area contributed by atoms with Gasteiger partial charge in [0.1, 0.15) is 23.7 Å². The van der Waals surface area contributed by atoms with E-state index in [1.807, 2.05) is 43.7 Å². The number of likely N-dealkylation sites (tertiary alicyclic amines) is 2.